The summed E-state index contributed by atoms with van der Waals surface area (Å²) in [6, 6.07) is 11.4. The lowest BCUT2D eigenvalue weighted by atomic mass is 10.2. The minimum absolute atomic E-state index is 0.355. The molecule has 0 aliphatic heterocycles. The quantitative estimate of drug-likeness (QED) is 0.694. The van der Waals surface area contributed by atoms with Crippen LogP contribution in [0.15, 0.2) is 36.4 Å². The smallest absolute Gasteiger partial charge is 0.130 e. The Morgan fingerprint density at radius 2 is 1.77 bits per heavy atom. The van der Waals surface area contributed by atoms with E-state index in [1.165, 1.54) is 0 Å². The van der Waals surface area contributed by atoms with Crippen molar-refractivity contribution in [1.82, 2.24) is 15.4 Å². The molecule has 0 saturated carbocycles. The third kappa shape index (κ3) is 1.81. The Labute approximate surface area is 80.4 Å². The molecular weight excluding hydrogens is 186 g/mol. The molecule has 0 atom stereocenters. The van der Waals surface area contributed by atoms with Crippen LogP contribution in [0.5, 0.6) is 0 Å². The van der Waals surface area contributed by atoms with Gasteiger partial charge in [0.05, 0.1) is 5.69 Å². The van der Waals surface area contributed by atoms with Crippen molar-refractivity contribution in [3.8, 4) is 11.3 Å². The van der Waals surface area contributed by atoms with Crippen molar-refractivity contribution in [2.75, 3.05) is 0 Å². The van der Waals surface area contributed by atoms with Crippen LogP contribution in [-0.4, -0.2) is 15.4 Å². The maximum Gasteiger partial charge on any atom is 0.155 e. The van der Waals surface area contributed by atoms with Crippen molar-refractivity contribution in [3.63, 3.8) is 0 Å². The first-order chi connectivity index (χ1) is 6.36. The van der Waals surface area contributed by atoms with E-state index in [0.29, 0.717) is 5.15 Å². The first kappa shape index (κ1) is 8.13. The van der Waals surface area contributed by atoms with Gasteiger partial charge in [-0.2, -0.15) is 0 Å². The monoisotopic (exact) mass is 191 g/mol. The van der Waals surface area contributed by atoms with Crippen LogP contribution in [0.25, 0.3) is 11.3 Å². The molecule has 1 heterocycles. The molecule has 1 aromatic carbocycles. The number of aromatic nitrogens is 3. The highest BCUT2D eigenvalue weighted by Crippen LogP contribution is 2.16. The van der Waals surface area contributed by atoms with E-state index in [9.17, 15) is 0 Å². The SMILES string of the molecule is Clc1cc(-c2ccccc2)nnn1. The van der Waals surface area contributed by atoms with E-state index >= 15 is 0 Å². The summed E-state index contributed by atoms with van der Waals surface area (Å²) in [6.07, 6.45) is 0. The van der Waals surface area contributed by atoms with Gasteiger partial charge in [-0.1, -0.05) is 41.9 Å². The lowest BCUT2D eigenvalue weighted by molar-refractivity contribution is 0.871. The highest BCUT2D eigenvalue weighted by Gasteiger charge is 1.99. The fourth-order valence-electron chi connectivity index (χ4n) is 1.03. The molecule has 4 heteroatoms. The van der Waals surface area contributed by atoms with Gasteiger partial charge in [-0.15, -0.1) is 10.2 Å². The second-order valence-electron chi connectivity index (χ2n) is 2.51. The molecule has 0 saturated heterocycles. The zero-order chi connectivity index (χ0) is 9.10. The van der Waals surface area contributed by atoms with E-state index in [-0.39, 0.29) is 0 Å². The van der Waals surface area contributed by atoms with Crippen LogP contribution in [0.1, 0.15) is 0 Å². The van der Waals surface area contributed by atoms with Crippen LogP contribution in [0.2, 0.25) is 5.15 Å². The third-order valence-electron chi connectivity index (χ3n) is 1.62. The largest absolute Gasteiger partial charge is 0.155 e. The number of hydrogen-bond acceptors (Lipinski definition) is 3. The zero-order valence-corrected chi connectivity index (χ0v) is 7.44. The van der Waals surface area contributed by atoms with E-state index in [0.717, 1.165) is 11.3 Å². The predicted octanol–water partition coefficient (Wildman–Crippen LogP) is 2.19. The highest BCUT2D eigenvalue weighted by atomic mass is 35.5. The summed E-state index contributed by atoms with van der Waals surface area (Å²) in [7, 11) is 0. The Hall–Kier alpha value is -1.48. The predicted molar refractivity (Wildman–Crippen MR) is 50.3 cm³/mol. The third-order valence-corrected chi connectivity index (χ3v) is 1.80. The van der Waals surface area contributed by atoms with E-state index < -0.39 is 0 Å². The Kier molecular flexibility index (Phi) is 2.19. The summed E-state index contributed by atoms with van der Waals surface area (Å²) >= 11 is 5.68. The second-order valence-corrected chi connectivity index (χ2v) is 2.90. The zero-order valence-electron chi connectivity index (χ0n) is 6.68. The van der Waals surface area contributed by atoms with E-state index in [1.54, 1.807) is 6.07 Å². The summed E-state index contributed by atoms with van der Waals surface area (Å²) in [6.45, 7) is 0. The number of nitrogens with zero attached hydrogens (tertiary/aromatic N) is 3. The van der Waals surface area contributed by atoms with E-state index in [4.69, 9.17) is 11.6 Å². The maximum absolute atomic E-state index is 5.68. The molecule has 0 spiro atoms. The van der Waals surface area contributed by atoms with Crippen molar-refractivity contribution >= 4 is 11.6 Å². The number of rotatable bonds is 1. The van der Waals surface area contributed by atoms with E-state index in [2.05, 4.69) is 15.4 Å². The fourth-order valence-corrected chi connectivity index (χ4v) is 1.17. The molecule has 0 fully saturated rings. The van der Waals surface area contributed by atoms with Crippen LogP contribution in [0, 0.1) is 0 Å². The normalized spacial score (nSPS) is 9.92. The van der Waals surface area contributed by atoms with Crippen LogP contribution in [0.4, 0.5) is 0 Å². The molecule has 0 aliphatic rings. The lowest BCUT2D eigenvalue weighted by Gasteiger charge is -1.97. The van der Waals surface area contributed by atoms with Gasteiger partial charge in [-0.3, -0.25) is 0 Å². The number of halogens is 1. The van der Waals surface area contributed by atoms with Gasteiger partial charge in [0.2, 0.25) is 0 Å². The maximum atomic E-state index is 5.68. The Balaban J connectivity index is 2.48. The van der Waals surface area contributed by atoms with Crippen molar-refractivity contribution in [2.24, 2.45) is 0 Å². The van der Waals surface area contributed by atoms with Crippen LogP contribution in [-0.2, 0) is 0 Å². The summed E-state index contributed by atoms with van der Waals surface area (Å²) in [5.41, 5.74) is 1.72. The summed E-state index contributed by atoms with van der Waals surface area (Å²) < 4.78 is 0. The molecule has 0 N–H and O–H groups in total. The number of hydrogen-bond donors (Lipinski definition) is 0. The Morgan fingerprint density at radius 3 is 2.46 bits per heavy atom. The molecule has 2 aromatic rings. The molecular formula is C9H6ClN3. The molecule has 2 rings (SSSR count). The minimum atomic E-state index is 0.355. The van der Waals surface area contributed by atoms with Gasteiger partial charge in [0, 0.05) is 11.6 Å². The van der Waals surface area contributed by atoms with Crippen LogP contribution in [0.3, 0.4) is 0 Å². The molecule has 0 amide bonds. The standard InChI is InChI=1S/C9H6ClN3/c10-9-6-8(11-13-12-9)7-4-2-1-3-5-7/h1-6H. The fraction of sp³-hybridized carbons (Fsp3) is 0. The average molecular weight is 192 g/mol. The Morgan fingerprint density at radius 1 is 1.00 bits per heavy atom. The van der Waals surface area contributed by atoms with Gasteiger partial charge >= 0.3 is 0 Å². The molecule has 1 aromatic heterocycles. The van der Waals surface area contributed by atoms with Gasteiger partial charge in [0.25, 0.3) is 0 Å². The summed E-state index contributed by atoms with van der Waals surface area (Å²) in [5.74, 6) is 0. The molecule has 0 bridgehead atoms. The molecule has 13 heavy (non-hydrogen) atoms. The molecule has 0 radical (unpaired) electrons. The van der Waals surface area contributed by atoms with Gasteiger partial charge < -0.3 is 0 Å². The molecule has 64 valence electrons. The summed E-state index contributed by atoms with van der Waals surface area (Å²) in [5, 5.41) is 11.3. The van der Waals surface area contributed by atoms with Crippen molar-refractivity contribution in [1.29, 1.82) is 0 Å². The number of benzene rings is 1. The van der Waals surface area contributed by atoms with Crippen molar-refractivity contribution < 1.29 is 0 Å². The first-order valence-electron chi connectivity index (χ1n) is 3.77. The van der Waals surface area contributed by atoms with Crippen molar-refractivity contribution in [2.45, 2.75) is 0 Å². The topological polar surface area (TPSA) is 38.7 Å². The Bertz CT molecular complexity index is 403. The molecule has 0 aliphatic carbocycles. The first-order valence-corrected chi connectivity index (χ1v) is 4.15. The molecule has 3 nitrogen and oxygen atoms in total. The van der Waals surface area contributed by atoms with E-state index in [1.807, 2.05) is 30.3 Å². The average Bonchev–Trinajstić information content (AvgIpc) is 2.19. The van der Waals surface area contributed by atoms with Gasteiger partial charge in [0.15, 0.2) is 5.15 Å². The van der Waals surface area contributed by atoms with Gasteiger partial charge in [-0.05, 0) is 5.21 Å². The molecule has 0 unspecified atom stereocenters. The second kappa shape index (κ2) is 3.49. The summed E-state index contributed by atoms with van der Waals surface area (Å²) in [4.78, 5) is 0. The van der Waals surface area contributed by atoms with Gasteiger partial charge in [0.1, 0.15) is 0 Å². The van der Waals surface area contributed by atoms with Gasteiger partial charge in [-0.25, -0.2) is 0 Å². The minimum Gasteiger partial charge on any atom is -0.130 e. The lowest BCUT2D eigenvalue weighted by Crippen LogP contribution is -1.90. The van der Waals surface area contributed by atoms with Crippen LogP contribution < -0.4 is 0 Å². The highest BCUT2D eigenvalue weighted by molar-refractivity contribution is 6.29. The van der Waals surface area contributed by atoms with Crippen LogP contribution >= 0.6 is 11.6 Å². The van der Waals surface area contributed by atoms with Crippen molar-refractivity contribution in [3.05, 3.63) is 41.6 Å².